The Hall–Kier alpha value is -1.36. The quantitative estimate of drug-likeness (QED) is 0.788. The first kappa shape index (κ1) is 10.8. The van der Waals surface area contributed by atoms with E-state index in [2.05, 4.69) is 40.1 Å². The van der Waals surface area contributed by atoms with Crippen LogP contribution in [0.1, 0.15) is 31.9 Å². The summed E-state index contributed by atoms with van der Waals surface area (Å²) in [6.07, 6.45) is 1.22. The number of nitrogens with two attached hydrogens (primary N) is 1. The molecule has 3 rings (SSSR count). The summed E-state index contributed by atoms with van der Waals surface area (Å²) in [5, 5.41) is 3.49. The number of aromatic nitrogens is 2. The lowest BCUT2D eigenvalue weighted by Crippen LogP contribution is -2.44. The van der Waals surface area contributed by atoms with E-state index < -0.39 is 0 Å². The molecule has 5 nitrogen and oxygen atoms in total. The molecule has 2 bridgehead atoms. The van der Waals surface area contributed by atoms with E-state index in [1.54, 1.807) is 0 Å². The maximum absolute atomic E-state index is 5.80. The molecule has 2 aliphatic rings. The van der Waals surface area contributed by atoms with Gasteiger partial charge < -0.3 is 16.0 Å². The first-order valence-corrected chi connectivity index (χ1v) is 6.28. The summed E-state index contributed by atoms with van der Waals surface area (Å²) < 4.78 is 0. The number of nitrogens with zero attached hydrogens (tertiary/aromatic N) is 3. The van der Waals surface area contributed by atoms with Crippen LogP contribution in [0.2, 0.25) is 0 Å². The van der Waals surface area contributed by atoms with Crippen molar-refractivity contribution in [2.75, 3.05) is 23.7 Å². The first-order valence-electron chi connectivity index (χ1n) is 6.28. The zero-order valence-electron chi connectivity index (χ0n) is 10.3. The summed E-state index contributed by atoms with van der Waals surface area (Å²) in [4.78, 5) is 11.0. The zero-order valence-corrected chi connectivity index (χ0v) is 10.3. The van der Waals surface area contributed by atoms with Gasteiger partial charge in [-0.15, -0.1) is 0 Å². The van der Waals surface area contributed by atoms with Crippen LogP contribution >= 0.6 is 0 Å². The molecule has 0 aliphatic carbocycles. The smallest absolute Gasteiger partial charge is 0.222 e. The largest absolute Gasteiger partial charge is 0.368 e. The van der Waals surface area contributed by atoms with E-state index in [0.29, 0.717) is 23.9 Å². The van der Waals surface area contributed by atoms with Gasteiger partial charge in [-0.1, -0.05) is 13.8 Å². The normalized spacial score (nSPS) is 27.1. The van der Waals surface area contributed by atoms with Crippen LogP contribution in [0.5, 0.6) is 0 Å². The molecule has 17 heavy (non-hydrogen) atoms. The Bertz CT molecular complexity index is 431. The van der Waals surface area contributed by atoms with Gasteiger partial charge in [0.15, 0.2) is 0 Å². The molecule has 0 amide bonds. The molecule has 3 heterocycles. The maximum Gasteiger partial charge on any atom is 0.222 e. The number of rotatable bonds is 2. The van der Waals surface area contributed by atoms with Crippen LogP contribution in [-0.2, 0) is 0 Å². The molecule has 2 saturated heterocycles. The number of nitrogens with one attached hydrogen (secondary N) is 1. The van der Waals surface area contributed by atoms with Gasteiger partial charge in [-0.3, -0.25) is 0 Å². The van der Waals surface area contributed by atoms with Crippen molar-refractivity contribution >= 4 is 11.8 Å². The standard InChI is InChI=1S/C12H19N5/c1-7(2)10-4-11(16-12(13)15-10)17-6-8-3-9(17)5-14-8/h4,7-9,14H,3,5-6H2,1-2H3,(H2,13,15,16)/t8?,9-/m1/s1. The number of fused-ring (bicyclic) bond motifs is 2. The van der Waals surface area contributed by atoms with Gasteiger partial charge in [0.05, 0.1) is 5.69 Å². The molecule has 5 heteroatoms. The van der Waals surface area contributed by atoms with Gasteiger partial charge in [-0.25, -0.2) is 4.98 Å². The van der Waals surface area contributed by atoms with Gasteiger partial charge in [-0.05, 0) is 12.3 Å². The monoisotopic (exact) mass is 233 g/mol. The predicted molar refractivity (Wildman–Crippen MR) is 68.1 cm³/mol. The van der Waals surface area contributed by atoms with Crippen LogP contribution in [0.3, 0.4) is 0 Å². The van der Waals surface area contributed by atoms with E-state index in [9.17, 15) is 0 Å². The highest BCUT2D eigenvalue weighted by Gasteiger charge is 2.38. The van der Waals surface area contributed by atoms with E-state index in [-0.39, 0.29) is 0 Å². The Morgan fingerprint density at radius 3 is 2.88 bits per heavy atom. The molecular formula is C12H19N5. The number of hydrogen-bond acceptors (Lipinski definition) is 5. The number of anilines is 2. The van der Waals surface area contributed by atoms with Gasteiger partial charge in [0, 0.05) is 31.2 Å². The molecule has 3 N–H and O–H groups in total. The third-order valence-corrected chi connectivity index (χ3v) is 3.69. The third-order valence-electron chi connectivity index (χ3n) is 3.69. The molecular weight excluding hydrogens is 214 g/mol. The van der Waals surface area contributed by atoms with Crippen molar-refractivity contribution in [1.82, 2.24) is 15.3 Å². The second-order valence-corrected chi connectivity index (χ2v) is 5.31. The highest BCUT2D eigenvalue weighted by Crippen LogP contribution is 2.29. The van der Waals surface area contributed by atoms with E-state index >= 15 is 0 Å². The fraction of sp³-hybridized carbons (Fsp3) is 0.667. The summed E-state index contributed by atoms with van der Waals surface area (Å²) in [5.41, 5.74) is 6.83. The lowest BCUT2D eigenvalue weighted by molar-refractivity contribution is 0.575. The van der Waals surface area contributed by atoms with Crippen molar-refractivity contribution in [2.45, 2.75) is 38.3 Å². The summed E-state index contributed by atoms with van der Waals surface area (Å²) >= 11 is 0. The molecule has 0 spiro atoms. The van der Waals surface area contributed by atoms with Gasteiger partial charge in [0.1, 0.15) is 5.82 Å². The summed E-state index contributed by atoms with van der Waals surface area (Å²) in [7, 11) is 0. The Morgan fingerprint density at radius 1 is 1.47 bits per heavy atom. The molecule has 1 unspecified atom stereocenters. The lowest BCUT2D eigenvalue weighted by atomic mass is 10.1. The number of hydrogen-bond donors (Lipinski definition) is 2. The van der Waals surface area contributed by atoms with Gasteiger partial charge in [0.25, 0.3) is 0 Å². The Kier molecular flexibility index (Phi) is 2.43. The van der Waals surface area contributed by atoms with Crippen LogP contribution in [-0.4, -0.2) is 35.1 Å². The summed E-state index contributed by atoms with van der Waals surface area (Å²) in [5.74, 6) is 1.77. The van der Waals surface area contributed by atoms with Crippen LogP contribution in [0.15, 0.2) is 6.07 Å². The Labute approximate surface area is 101 Å². The molecule has 0 saturated carbocycles. The first-order chi connectivity index (χ1) is 8.13. The zero-order chi connectivity index (χ0) is 12.0. The van der Waals surface area contributed by atoms with Gasteiger partial charge in [0.2, 0.25) is 5.95 Å². The summed E-state index contributed by atoms with van der Waals surface area (Å²) in [6.45, 7) is 6.36. The van der Waals surface area contributed by atoms with E-state index in [1.165, 1.54) is 6.42 Å². The fourth-order valence-electron chi connectivity index (χ4n) is 2.76. The van der Waals surface area contributed by atoms with Crippen molar-refractivity contribution in [1.29, 1.82) is 0 Å². The lowest BCUT2D eigenvalue weighted by Gasteiger charge is -2.29. The van der Waals surface area contributed by atoms with Gasteiger partial charge in [-0.2, -0.15) is 4.98 Å². The minimum Gasteiger partial charge on any atom is -0.368 e. The second-order valence-electron chi connectivity index (χ2n) is 5.31. The summed E-state index contributed by atoms with van der Waals surface area (Å²) in [6, 6.07) is 3.29. The molecule has 92 valence electrons. The molecule has 2 atom stereocenters. The highest BCUT2D eigenvalue weighted by atomic mass is 15.3. The van der Waals surface area contributed by atoms with Crippen molar-refractivity contribution in [2.24, 2.45) is 0 Å². The average Bonchev–Trinajstić information content (AvgIpc) is 2.89. The molecule has 2 fully saturated rings. The fourth-order valence-corrected chi connectivity index (χ4v) is 2.76. The average molecular weight is 233 g/mol. The minimum absolute atomic E-state index is 0.386. The van der Waals surface area contributed by atoms with Gasteiger partial charge >= 0.3 is 0 Å². The predicted octanol–water partition coefficient (Wildman–Crippen LogP) is 0.733. The molecule has 2 aliphatic heterocycles. The highest BCUT2D eigenvalue weighted by molar-refractivity contribution is 5.47. The molecule has 0 radical (unpaired) electrons. The van der Waals surface area contributed by atoms with E-state index in [1.807, 2.05) is 0 Å². The van der Waals surface area contributed by atoms with Crippen LogP contribution < -0.4 is 16.0 Å². The van der Waals surface area contributed by atoms with E-state index in [4.69, 9.17) is 5.73 Å². The van der Waals surface area contributed by atoms with Crippen molar-refractivity contribution < 1.29 is 0 Å². The van der Waals surface area contributed by atoms with Crippen molar-refractivity contribution in [3.05, 3.63) is 11.8 Å². The molecule has 1 aromatic rings. The van der Waals surface area contributed by atoms with Crippen molar-refractivity contribution in [3.8, 4) is 0 Å². The maximum atomic E-state index is 5.80. The number of nitrogen functional groups attached to an aromatic ring is 1. The van der Waals surface area contributed by atoms with Crippen LogP contribution in [0, 0.1) is 0 Å². The van der Waals surface area contributed by atoms with Crippen molar-refractivity contribution in [3.63, 3.8) is 0 Å². The second kappa shape index (κ2) is 3.84. The van der Waals surface area contributed by atoms with Crippen LogP contribution in [0.25, 0.3) is 0 Å². The Morgan fingerprint density at radius 2 is 2.29 bits per heavy atom. The van der Waals surface area contributed by atoms with Crippen LogP contribution in [0.4, 0.5) is 11.8 Å². The number of piperazine rings is 1. The Balaban J connectivity index is 1.92. The molecule has 1 aromatic heterocycles. The molecule has 0 aromatic carbocycles. The van der Waals surface area contributed by atoms with E-state index in [0.717, 1.165) is 24.6 Å². The SMILES string of the molecule is CC(C)c1cc(N2CC3C[C@@H]2CN3)nc(N)n1. The third kappa shape index (κ3) is 1.84. The minimum atomic E-state index is 0.386. The topological polar surface area (TPSA) is 67.1 Å².